The van der Waals surface area contributed by atoms with Gasteiger partial charge >= 0.3 is 5.97 Å². The van der Waals surface area contributed by atoms with E-state index in [9.17, 15) is 22.4 Å². The van der Waals surface area contributed by atoms with Crippen LogP contribution in [0.15, 0.2) is 6.07 Å². The fraction of sp³-hybridized carbons (Fsp3) is 0.632. The highest BCUT2D eigenvalue weighted by Crippen LogP contribution is 2.38. The first-order valence-corrected chi connectivity index (χ1v) is 8.48. The molecule has 0 bridgehead atoms. The van der Waals surface area contributed by atoms with Gasteiger partial charge in [-0.25, -0.2) is 8.78 Å². The average Bonchev–Trinajstić information content (AvgIpc) is 2.55. The van der Waals surface area contributed by atoms with Crippen molar-refractivity contribution in [2.45, 2.75) is 66.7 Å². The smallest absolute Gasteiger partial charge is 0.311 e. The number of hydrogen-bond acceptors (Lipinski definition) is 2. The molecule has 0 N–H and O–H groups in total. The second-order valence-corrected chi connectivity index (χ2v) is 7.63. The fourth-order valence-electron chi connectivity index (χ4n) is 2.35. The van der Waals surface area contributed by atoms with Gasteiger partial charge in [-0.05, 0) is 23.7 Å². The molecular formula is C19H26F4O2. The van der Waals surface area contributed by atoms with Gasteiger partial charge in [0, 0.05) is 6.07 Å². The maximum atomic E-state index is 13.6. The van der Waals surface area contributed by atoms with Crippen molar-refractivity contribution in [2.75, 3.05) is 0 Å². The zero-order valence-electron chi connectivity index (χ0n) is 15.4. The summed E-state index contributed by atoms with van der Waals surface area (Å²) in [5.41, 5.74) is -0.313. The van der Waals surface area contributed by atoms with E-state index in [2.05, 4.69) is 25.5 Å². The Kier molecular flexibility index (Phi) is 7.03. The van der Waals surface area contributed by atoms with Gasteiger partial charge in [-0.2, -0.15) is 8.78 Å². The maximum absolute atomic E-state index is 13.6. The Bertz CT molecular complexity index is 602. The van der Waals surface area contributed by atoms with Crippen LogP contribution in [0.25, 0.3) is 0 Å². The molecule has 1 aromatic rings. The standard InChI is InChI=1S/C19H26F4O2/c1-6-18(3,4)8-9-19(5,7-2)11-14(24)25-17-15(22)12(20)10-13(21)16(17)23/h10H,6-9,11H2,1-5H3. The van der Waals surface area contributed by atoms with Gasteiger partial charge < -0.3 is 4.74 Å². The van der Waals surface area contributed by atoms with Crippen LogP contribution in [0, 0.1) is 34.1 Å². The van der Waals surface area contributed by atoms with Crippen LogP contribution in [0.2, 0.25) is 0 Å². The molecule has 1 unspecified atom stereocenters. The quantitative estimate of drug-likeness (QED) is 0.239. The Morgan fingerprint density at radius 2 is 1.48 bits per heavy atom. The van der Waals surface area contributed by atoms with Crippen molar-refractivity contribution >= 4 is 5.97 Å². The first-order chi connectivity index (χ1) is 11.4. The van der Waals surface area contributed by atoms with Crippen molar-refractivity contribution in [3.8, 4) is 5.75 Å². The summed E-state index contributed by atoms with van der Waals surface area (Å²) in [6.07, 6.45) is 3.14. The molecule has 0 aromatic heterocycles. The molecule has 0 heterocycles. The lowest BCUT2D eigenvalue weighted by molar-refractivity contribution is -0.137. The number of carbonyl (C=O) groups excluding carboxylic acids is 1. The van der Waals surface area contributed by atoms with Gasteiger partial charge in [-0.1, -0.05) is 47.5 Å². The molecule has 142 valence electrons. The second-order valence-electron chi connectivity index (χ2n) is 7.63. The Morgan fingerprint density at radius 1 is 0.960 bits per heavy atom. The zero-order valence-corrected chi connectivity index (χ0v) is 15.4. The van der Waals surface area contributed by atoms with E-state index < -0.39 is 40.4 Å². The van der Waals surface area contributed by atoms with Crippen LogP contribution in [-0.4, -0.2) is 5.97 Å². The topological polar surface area (TPSA) is 26.3 Å². The van der Waals surface area contributed by atoms with Crippen LogP contribution >= 0.6 is 0 Å². The molecule has 0 saturated heterocycles. The van der Waals surface area contributed by atoms with Crippen LogP contribution in [0.5, 0.6) is 5.75 Å². The molecule has 1 rings (SSSR count). The van der Waals surface area contributed by atoms with E-state index in [1.165, 1.54) is 0 Å². The minimum Gasteiger partial charge on any atom is -0.420 e. The third kappa shape index (κ3) is 5.72. The molecule has 0 aliphatic heterocycles. The van der Waals surface area contributed by atoms with Crippen LogP contribution in [0.1, 0.15) is 66.7 Å². The lowest BCUT2D eigenvalue weighted by atomic mass is 9.74. The molecular weight excluding hydrogens is 336 g/mol. The minimum atomic E-state index is -1.71. The van der Waals surface area contributed by atoms with Crippen molar-refractivity contribution in [2.24, 2.45) is 10.8 Å². The number of ether oxygens (including phenoxy) is 1. The van der Waals surface area contributed by atoms with Gasteiger partial charge in [0.05, 0.1) is 6.42 Å². The predicted molar refractivity (Wildman–Crippen MR) is 88.2 cm³/mol. The molecule has 0 saturated carbocycles. The molecule has 0 spiro atoms. The molecule has 0 fully saturated rings. The first kappa shape index (κ1) is 21.5. The van der Waals surface area contributed by atoms with Crippen molar-refractivity contribution in [3.05, 3.63) is 29.3 Å². The van der Waals surface area contributed by atoms with Crippen molar-refractivity contribution in [1.82, 2.24) is 0 Å². The Hall–Kier alpha value is -1.59. The van der Waals surface area contributed by atoms with Gasteiger partial charge in [-0.15, -0.1) is 0 Å². The van der Waals surface area contributed by atoms with E-state index in [4.69, 9.17) is 0 Å². The monoisotopic (exact) mass is 362 g/mol. The van der Waals surface area contributed by atoms with Crippen LogP contribution in [0.3, 0.4) is 0 Å². The third-order valence-electron chi connectivity index (χ3n) is 5.07. The number of hydrogen-bond donors (Lipinski definition) is 0. The van der Waals surface area contributed by atoms with E-state index in [0.717, 1.165) is 19.3 Å². The molecule has 1 atom stereocenters. The highest BCUT2D eigenvalue weighted by atomic mass is 19.2. The van der Waals surface area contributed by atoms with Gasteiger partial charge in [-0.3, -0.25) is 4.79 Å². The number of carbonyl (C=O) groups is 1. The highest BCUT2D eigenvalue weighted by Gasteiger charge is 2.31. The lowest BCUT2D eigenvalue weighted by Crippen LogP contribution is -2.26. The molecule has 2 nitrogen and oxygen atoms in total. The largest absolute Gasteiger partial charge is 0.420 e. The summed E-state index contributed by atoms with van der Waals surface area (Å²) in [5, 5.41) is 0. The van der Waals surface area contributed by atoms with Gasteiger partial charge in [0.1, 0.15) is 0 Å². The van der Waals surface area contributed by atoms with Crippen LogP contribution in [-0.2, 0) is 4.79 Å². The fourth-order valence-corrected chi connectivity index (χ4v) is 2.35. The highest BCUT2D eigenvalue weighted by molar-refractivity contribution is 5.73. The van der Waals surface area contributed by atoms with Crippen molar-refractivity contribution in [1.29, 1.82) is 0 Å². The van der Waals surface area contributed by atoms with Gasteiger partial charge in [0.25, 0.3) is 0 Å². The minimum absolute atomic E-state index is 0.0744. The Labute approximate surface area is 146 Å². The zero-order chi connectivity index (χ0) is 19.4. The van der Waals surface area contributed by atoms with E-state index in [-0.39, 0.29) is 17.9 Å². The molecule has 1 aromatic carbocycles. The molecule has 0 radical (unpaired) electrons. The summed E-state index contributed by atoms with van der Waals surface area (Å²) >= 11 is 0. The van der Waals surface area contributed by atoms with E-state index in [1.54, 1.807) is 0 Å². The Morgan fingerprint density at radius 3 is 1.92 bits per heavy atom. The Balaban J connectivity index is 2.87. The number of benzene rings is 1. The lowest BCUT2D eigenvalue weighted by Gasteiger charge is -2.32. The van der Waals surface area contributed by atoms with Crippen LogP contribution in [0.4, 0.5) is 17.6 Å². The summed E-state index contributed by atoms with van der Waals surface area (Å²) in [5.74, 6) is -8.87. The second kappa shape index (κ2) is 8.19. The first-order valence-electron chi connectivity index (χ1n) is 8.48. The average molecular weight is 362 g/mol. The predicted octanol–water partition coefficient (Wildman–Crippen LogP) is 6.17. The van der Waals surface area contributed by atoms with E-state index in [0.29, 0.717) is 6.42 Å². The summed E-state index contributed by atoms with van der Waals surface area (Å²) in [6, 6.07) is 0.0744. The summed E-state index contributed by atoms with van der Waals surface area (Å²) in [6.45, 7) is 10.1. The number of esters is 1. The maximum Gasteiger partial charge on any atom is 0.311 e. The van der Waals surface area contributed by atoms with Gasteiger partial charge in [0.15, 0.2) is 11.6 Å². The molecule has 0 aliphatic rings. The molecule has 0 amide bonds. The van der Waals surface area contributed by atoms with E-state index in [1.807, 2.05) is 13.8 Å². The SMILES string of the molecule is CCC(C)(C)CCC(C)(CC)CC(=O)Oc1c(F)c(F)cc(F)c1F. The summed E-state index contributed by atoms with van der Waals surface area (Å²) in [7, 11) is 0. The van der Waals surface area contributed by atoms with Crippen molar-refractivity contribution in [3.63, 3.8) is 0 Å². The third-order valence-corrected chi connectivity index (χ3v) is 5.07. The molecule has 25 heavy (non-hydrogen) atoms. The summed E-state index contributed by atoms with van der Waals surface area (Å²) in [4.78, 5) is 12.1. The molecule has 0 aliphatic carbocycles. The van der Waals surface area contributed by atoms with Crippen molar-refractivity contribution < 1.29 is 27.1 Å². The number of rotatable bonds is 8. The number of halogens is 4. The van der Waals surface area contributed by atoms with E-state index >= 15 is 0 Å². The van der Waals surface area contributed by atoms with Gasteiger partial charge in [0.2, 0.25) is 17.4 Å². The molecule has 6 heteroatoms. The van der Waals surface area contributed by atoms with Crippen LogP contribution < -0.4 is 4.74 Å². The normalized spacial score (nSPS) is 14.3. The summed E-state index contributed by atoms with van der Waals surface area (Å²) < 4.78 is 58.2.